The molecule has 2 atom stereocenters. The van der Waals surface area contributed by atoms with Crippen LogP contribution in [0.5, 0.6) is 11.5 Å². The van der Waals surface area contributed by atoms with Crippen molar-refractivity contribution >= 4 is 70.0 Å². The van der Waals surface area contributed by atoms with E-state index in [1.54, 1.807) is 79.0 Å². The highest BCUT2D eigenvalue weighted by atomic mass is 16.6. The van der Waals surface area contributed by atoms with Crippen LogP contribution in [0.15, 0.2) is 77.7 Å². The molecule has 4 aromatic rings. The number of ether oxygens (including phenoxy) is 3. The molecule has 0 unspecified atom stereocenters. The smallest absolute Gasteiger partial charge is 0.410 e. The van der Waals surface area contributed by atoms with Gasteiger partial charge in [0.25, 0.3) is 23.3 Å². The molecular weight excluding hydrogens is 995 g/mol. The summed E-state index contributed by atoms with van der Waals surface area (Å²) in [6.07, 6.45) is 6.50. The Bertz CT molecular complexity index is 2880. The van der Waals surface area contributed by atoms with Gasteiger partial charge in [0.15, 0.2) is 24.0 Å². The minimum Gasteiger partial charge on any atom is -0.497 e. The summed E-state index contributed by atoms with van der Waals surface area (Å²) in [6.45, 7) is 6.16. The highest BCUT2D eigenvalue weighted by Crippen LogP contribution is 2.28. The van der Waals surface area contributed by atoms with Crippen LogP contribution in [0.2, 0.25) is 0 Å². The zero-order valence-corrected chi connectivity index (χ0v) is 43.6. The second-order valence-electron chi connectivity index (χ2n) is 19.6. The van der Waals surface area contributed by atoms with Crippen molar-refractivity contribution in [3.8, 4) is 11.5 Å². The Morgan fingerprint density at radius 3 is 2.38 bits per heavy atom. The number of nitrogens with zero attached hydrogens (tertiary/aromatic N) is 6. The fraction of sp³-hybridized carbons (Fsp3) is 0.463. The van der Waals surface area contributed by atoms with Crippen LogP contribution in [-0.4, -0.2) is 135 Å². The standard InChI is InChI=1S/C54H67N11O12/c1-34(2)50(60-45(67)9-5-4-6-23-64-47(69)18-19-48(64)70)43(66)28-36(8-7-22-56-53(55)73)52(72)59-37-12-10-35(11-13-37)32-77-54(74)65(31-38-14-17-44-51(58-38)61-46(68)33-76-44)39-20-24-62(25-21-39)26-27-63-42-29-40(75-3)15-16-41(42)57-30-49(63)71/h10-19,29-30,34,36,39,50H,4-9,20-28,31-33H2,1-3H3,(H,59,72)(H,60,67)(H3,55,56,73)(H,58,61,68)/t36-,50+/m1/s1. The predicted octanol–water partition coefficient (Wildman–Crippen LogP) is 4.02. The number of primary amides is 1. The molecule has 77 heavy (non-hydrogen) atoms. The second-order valence-corrected chi connectivity index (χ2v) is 19.6. The molecule has 23 heteroatoms. The van der Waals surface area contributed by atoms with Crippen molar-refractivity contribution in [3.05, 3.63) is 94.6 Å². The van der Waals surface area contributed by atoms with Crippen molar-refractivity contribution in [1.29, 1.82) is 0 Å². The van der Waals surface area contributed by atoms with E-state index in [1.165, 1.54) is 18.3 Å². The number of rotatable bonds is 26. The van der Waals surface area contributed by atoms with Crippen molar-refractivity contribution in [2.75, 3.05) is 57.1 Å². The number of amides is 8. The largest absolute Gasteiger partial charge is 0.497 e. The number of likely N-dealkylation sites (tertiary alicyclic amines) is 1. The van der Waals surface area contributed by atoms with E-state index >= 15 is 0 Å². The molecular formula is C54H67N11O12. The normalized spacial score (nSPS) is 15.3. The fourth-order valence-corrected chi connectivity index (χ4v) is 9.47. The summed E-state index contributed by atoms with van der Waals surface area (Å²) >= 11 is 0. The van der Waals surface area contributed by atoms with E-state index in [0.717, 1.165) is 4.90 Å². The van der Waals surface area contributed by atoms with E-state index in [4.69, 9.17) is 19.9 Å². The maximum atomic E-state index is 14.1. The number of carbonyl (C=O) groups is 8. The summed E-state index contributed by atoms with van der Waals surface area (Å²) in [5.41, 5.74) is 7.95. The van der Waals surface area contributed by atoms with Crippen LogP contribution in [0.25, 0.3) is 11.0 Å². The maximum Gasteiger partial charge on any atom is 0.410 e. The zero-order valence-electron chi connectivity index (χ0n) is 43.6. The number of nitrogens with two attached hydrogens (primary N) is 1. The van der Waals surface area contributed by atoms with Gasteiger partial charge in [0.2, 0.25) is 11.8 Å². The molecule has 0 aliphatic carbocycles. The molecule has 1 fully saturated rings. The van der Waals surface area contributed by atoms with E-state index in [2.05, 4.69) is 36.1 Å². The molecule has 0 spiro atoms. The lowest BCUT2D eigenvalue weighted by atomic mass is 9.89. The Hall–Kier alpha value is -8.21. The van der Waals surface area contributed by atoms with E-state index < -0.39 is 30.0 Å². The van der Waals surface area contributed by atoms with E-state index in [9.17, 15) is 43.2 Å². The number of hydrogen-bond acceptors (Lipinski definition) is 15. The van der Waals surface area contributed by atoms with Crippen LogP contribution in [-0.2, 0) is 53.2 Å². The molecule has 2 aromatic carbocycles. The average molecular weight is 1060 g/mol. The fourth-order valence-electron chi connectivity index (χ4n) is 9.47. The van der Waals surface area contributed by atoms with Gasteiger partial charge in [-0.3, -0.25) is 43.4 Å². The van der Waals surface area contributed by atoms with Crippen LogP contribution in [0.4, 0.5) is 21.1 Å². The second kappa shape index (κ2) is 27.0. The molecule has 23 nitrogen and oxygen atoms in total. The number of Topliss-reactive ketones (excluding diaryl/α,β-unsaturated/α-hetero) is 1. The number of hydrogen-bond donors (Lipinski definition) is 5. The number of benzene rings is 2. The summed E-state index contributed by atoms with van der Waals surface area (Å²) < 4.78 is 18.5. The lowest BCUT2D eigenvalue weighted by Crippen LogP contribution is -2.48. The molecule has 3 aliphatic heterocycles. The molecule has 8 amide bonds. The van der Waals surface area contributed by atoms with Gasteiger partial charge < -0.3 is 50.7 Å². The summed E-state index contributed by atoms with van der Waals surface area (Å²) in [5.74, 6) is -1.97. The van der Waals surface area contributed by atoms with Gasteiger partial charge in [0.05, 0.1) is 42.6 Å². The van der Waals surface area contributed by atoms with Crippen LogP contribution in [0, 0.1) is 11.8 Å². The lowest BCUT2D eigenvalue weighted by molar-refractivity contribution is -0.137. The first kappa shape index (κ1) is 56.5. The molecule has 1 saturated heterocycles. The molecule has 7 rings (SSSR count). The van der Waals surface area contributed by atoms with Crippen LogP contribution in [0.1, 0.15) is 82.9 Å². The maximum absolute atomic E-state index is 14.1. The van der Waals surface area contributed by atoms with Crippen molar-refractivity contribution in [2.24, 2.45) is 17.6 Å². The number of piperidine rings is 1. The Balaban J connectivity index is 0.945. The third kappa shape index (κ3) is 15.9. The summed E-state index contributed by atoms with van der Waals surface area (Å²) in [4.78, 5) is 129. The predicted molar refractivity (Wildman–Crippen MR) is 282 cm³/mol. The number of methoxy groups -OCH3 is 1. The highest BCUT2D eigenvalue weighted by molar-refractivity contribution is 6.12. The number of urea groups is 1. The average Bonchev–Trinajstić information content (AvgIpc) is 3.74. The van der Waals surface area contributed by atoms with E-state index in [1.807, 2.05) is 6.07 Å². The number of pyridine rings is 1. The van der Waals surface area contributed by atoms with Gasteiger partial charge in [-0.05, 0) is 86.4 Å². The minimum atomic E-state index is -0.867. The van der Waals surface area contributed by atoms with Gasteiger partial charge in [-0.1, -0.05) is 32.4 Å². The summed E-state index contributed by atoms with van der Waals surface area (Å²) in [6, 6.07) is 13.7. The number of ketones is 1. The van der Waals surface area contributed by atoms with Gasteiger partial charge in [-0.2, -0.15) is 0 Å². The monoisotopic (exact) mass is 1060 g/mol. The number of nitrogens with one attached hydrogen (secondary N) is 4. The molecule has 6 N–H and O–H groups in total. The minimum absolute atomic E-state index is 0.0809. The SMILES string of the molecule is COc1ccc2ncc(=O)n(CCN3CCC(N(Cc4ccc5c(n4)NC(=O)CO5)C(=O)OCc4ccc(NC(=O)[C@H](CCCNC(N)=O)CC(=O)[C@@H](NC(=O)CCCCCN5C(=O)C=CC5=O)C(C)C)cc4)CC3)c2c1. The Morgan fingerprint density at radius 1 is 0.909 bits per heavy atom. The van der Waals surface area contributed by atoms with Crippen molar-refractivity contribution in [2.45, 2.75) is 103 Å². The third-order valence-electron chi connectivity index (χ3n) is 13.7. The first-order valence-electron chi connectivity index (χ1n) is 26.0. The van der Waals surface area contributed by atoms with Crippen molar-refractivity contribution < 1.29 is 52.6 Å². The van der Waals surface area contributed by atoms with Crippen LogP contribution in [0.3, 0.4) is 0 Å². The van der Waals surface area contributed by atoms with Gasteiger partial charge >= 0.3 is 12.1 Å². The molecule has 0 radical (unpaired) electrons. The molecule has 2 aromatic heterocycles. The number of carbonyl (C=O) groups excluding carboxylic acids is 8. The number of fused-ring (bicyclic) bond motifs is 2. The molecule has 410 valence electrons. The first-order valence-corrected chi connectivity index (χ1v) is 26.0. The highest BCUT2D eigenvalue weighted by Gasteiger charge is 2.32. The molecule has 5 heterocycles. The van der Waals surface area contributed by atoms with Gasteiger partial charge in [0.1, 0.15) is 12.4 Å². The number of imide groups is 1. The number of anilines is 2. The van der Waals surface area contributed by atoms with Gasteiger partial charge in [-0.25, -0.2) is 19.6 Å². The Kier molecular flexibility index (Phi) is 19.8. The van der Waals surface area contributed by atoms with E-state index in [0.29, 0.717) is 104 Å². The van der Waals surface area contributed by atoms with Gasteiger partial charge in [0, 0.05) is 88.0 Å². The Morgan fingerprint density at radius 2 is 1.66 bits per heavy atom. The lowest BCUT2D eigenvalue weighted by Gasteiger charge is -2.38. The van der Waals surface area contributed by atoms with Crippen molar-refractivity contribution in [1.82, 2.24) is 39.9 Å². The zero-order chi connectivity index (χ0) is 55.0. The quantitative estimate of drug-likeness (QED) is 0.0438. The molecule has 3 aliphatic rings. The molecule has 0 saturated carbocycles. The van der Waals surface area contributed by atoms with E-state index in [-0.39, 0.29) is 105 Å². The summed E-state index contributed by atoms with van der Waals surface area (Å²) in [5, 5.41) is 10.9. The van der Waals surface area contributed by atoms with Crippen molar-refractivity contribution in [3.63, 3.8) is 0 Å². The first-order chi connectivity index (χ1) is 37.0. The third-order valence-corrected chi connectivity index (χ3v) is 13.7. The number of aromatic nitrogens is 3. The topological polar surface area (TPSA) is 296 Å². The summed E-state index contributed by atoms with van der Waals surface area (Å²) in [7, 11) is 1.57. The molecule has 0 bridgehead atoms. The van der Waals surface area contributed by atoms with Crippen LogP contribution < -0.4 is 42.0 Å². The van der Waals surface area contributed by atoms with Gasteiger partial charge in [-0.15, -0.1) is 0 Å². The van der Waals surface area contributed by atoms with Crippen LogP contribution >= 0.6 is 0 Å². The number of unbranched alkanes of at least 4 members (excludes halogenated alkanes) is 2. The Labute approximate surface area is 445 Å².